The molecule has 0 spiro atoms. The van der Waals surface area contributed by atoms with Crippen LogP contribution in [0.3, 0.4) is 0 Å². The van der Waals surface area contributed by atoms with Gasteiger partial charge in [0.05, 0.1) is 0 Å². The summed E-state index contributed by atoms with van der Waals surface area (Å²) in [6.07, 6.45) is 0.301. The molecule has 6 nitrogen and oxygen atoms in total. The van der Waals surface area contributed by atoms with E-state index in [9.17, 15) is 9.36 Å². The summed E-state index contributed by atoms with van der Waals surface area (Å²) in [4.78, 5) is 29.5. The summed E-state index contributed by atoms with van der Waals surface area (Å²) >= 11 is 0. The number of phosphoric acid groups is 1. The van der Waals surface area contributed by atoms with Crippen LogP contribution in [0.15, 0.2) is 60.2 Å². The molecule has 2 N–H and O–H groups in total. The number of rotatable bonds is 6. The molecule has 0 aliphatic rings. The molecule has 1 atom stereocenters. The van der Waals surface area contributed by atoms with Crippen molar-refractivity contribution in [2.24, 2.45) is 0 Å². The first-order valence-corrected chi connectivity index (χ1v) is 9.07. The molecular weight excluding hydrogens is 343 g/mol. The maximum absolute atomic E-state index is 12.1. The van der Waals surface area contributed by atoms with Gasteiger partial charge in [0.1, 0.15) is 0 Å². The van der Waals surface area contributed by atoms with Crippen molar-refractivity contribution in [1.82, 2.24) is 0 Å². The Hall–Kier alpha value is -2.24. The van der Waals surface area contributed by atoms with Crippen molar-refractivity contribution in [3.63, 3.8) is 0 Å². The van der Waals surface area contributed by atoms with Gasteiger partial charge in [-0.1, -0.05) is 54.6 Å². The van der Waals surface area contributed by atoms with Crippen molar-refractivity contribution in [1.29, 1.82) is 0 Å². The van der Waals surface area contributed by atoms with E-state index in [4.69, 9.17) is 14.5 Å². The Bertz CT molecular complexity index is 809. The highest BCUT2D eigenvalue weighted by Gasteiger charge is 2.22. The molecule has 0 aromatic heterocycles. The fourth-order valence-electron chi connectivity index (χ4n) is 2.25. The van der Waals surface area contributed by atoms with Crippen molar-refractivity contribution in [3.05, 3.63) is 65.7 Å². The molecule has 0 fully saturated rings. The molecule has 2 aromatic carbocycles. The van der Waals surface area contributed by atoms with Crippen LogP contribution in [0.1, 0.15) is 19.4 Å². The summed E-state index contributed by atoms with van der Waals surface area (Å²) < 4.78 is 19.9. The Balaban J connectivity index is 2.20. The molecule has 132 valence electrons. The first-order valence-electron chi connectivity index (χ1n) is 7.54. The number of benzene rings is 2. The van der Waals surface area contributed by atoms with Crippen LogP contribution in [-0.2, 0) is 18.6 Å². The molecule has 0 aliphatic heterocycles. The molecule has 0 aliphatic carbocycles. The van der Waals surface area contributed by atoms with Gasteiger partial charge in [0.25, 0.3) is 0 Å². The van der Waals surface area contributed by atoms with E-state index in [2.05, 4.69) is 4.52 Å². The smallest absolute Gasteiger partial charge is 0.432 e. The summed E-state index contributed by atoms with van der Waals surface area (Å²) in [7, 11) is -4.72. The van der Waals surface area contributed by atoms with Gasteiger partial charge in [-0.25, -0.2) is 13.9 Å². The Kier molecular flexibility index (Phi) is 6.28. The summed E-state index contributed by atoms with van der Waals surface area (Å²) in [5, 5.41) is 0. The average Bonchev–Trinajstić information content (AvgIpc) is 2.54. The van der Waals surface area contributed by atoms with E-state index < -0.39 is 20.1 Å². The summed E-state index contributed by atoms with van der Waals surface area (Å²) in [6, 6.07) is 17.3. The Morgan fingerprint density at radius 3 is 2.32 bits per heavy atom. The fraction of sp³-hybridized carbons (Fsp3) is 0.167. The van der Waals surface area contributed by atoms with E-state index in [1.807, 2.05) is 54.6 Å². The SMILES string of the molecule is CC(=Cc1ccccc1-c1ccccc1)C(=O)OC(C)OP(=O)(O)O. The van der Waals surface area contributed by atoms with Crippen LogP contribution in [0.4, 0.5) is 0 Å². The van der Waals surface area contributed by atoms with Crippen LogP contribution >= 0.6 is 7.82 Å². The summed E-state index contributed by atoms with van der Waals surface area (Å²) in [5.41, 5.74) is 3.07. The van der Waals surface area contributed by atoms with Crippen molar-refractivity contribution in [2.75, 3.05) is 0 Å². The fourth-order valence-corrected chi connectivity index (χ4v) is 2.68. The highest BCUT2D eigenvalue weighted by Crippen LogP contribution is 2.37. The first-order chi connectivity index (χ1) is 11.8. The maximum atomic E-state index is 12.1. The standard InChI is InChI=1S/C18H19O6P/c1-13(18(19)23-14(2)24-25(20,21)22)12-16-10-6-7-11-17(16)15-8-4-3-5-9-15/h3-12,14H,1-2H3,(H2,20,21,22). The predicted octanol–water partition coefficient (Wildman–Crippen LogP) is 3.76. The molecule has 1 unspecified atom stereocenters. The monoisotopic (exact) mass is 362 g/mol. The van der Waals surface area contributed by atoms with E-state index in [0.717, 1.165) is 16.7 Å². The topological polar surface area (TPSA) is 93.1 Å². The molecule has 7 heteroatoms. The van der Waals surface area contributed by atoms with Crippen molar-refractivity contribution < 1.29 is 28.4 Å². The van der Waals surface area contributed by atoms with Gasteiger partial charge >= 0.3 is 13.8 Å². The molecule has 25 heavy (non-hydrogen) atoms. The number of ether oxygens (including phenoxy) is 1. The van der Waals surface area contributed by atoms with Crippen molar-refractivity contribution in [3.8, 4) is 11.1 Å². The van der Waals surface area contributed by atoms with Gasteiger partial charge in [0.2, 0.25) is 6.29 Å². The first kappa shape index (κ1) is 19.1. The number of hydrogen-bond donors (Lipinski definition) is 2. The van der Waals surface area contributed by atoms with Crippen LogP contribution in [-0.4, -0.2) is 22.0 Å². The zero-order chi connectivity index (χ0) is 18.4. The lowest BCUT2D eigenvalue weighted by molar-refractivity contribution is -0.157. The Labute approximate surface area is 146 Å². The summed E-state index contributed by atoms with van der Waals surface area (Å²) in [6.45, 7) is 2.80. The Morgan fingerprint density at radius 1 is 1.08 bits per heavy atom. The highest BCUT2D eigenvalue weighted by atomic mass is 31.2. The van der Waals surface area contributed by atoms with Crippen molar-refractivity contribution >= 4 is 19.9 Å². The molecule has 0 saturated heterocycles. The van der Waals surface area contributed by atoms with Crippen LogP contribution in [0.25, 0.3) is 17.2 Å². The van der Waals surface area contributed by atoms with Crippen LogP contribution in [0, 0.1) is 0 Å². The third-order valence-corrected chi connectivity index (χ3v) is 3.87. The number of esters is 1. The molecule has 2 aromatic rings. The minimum absolute atomic E-state index is 0.282. The minimum Gasteiger partial charge on any atom is -0.432 e. The van der Waals surface area contributed by atoms with E-state index in [0.29, 0.717) is 0 Å². The molecule has 0 heterocycles. The van der Waals surface area contributed by atoms with E-state index in [-0.39, 0.29) is 5.57 Å². The lowest BCUT2D eigenvalue weighted by atomic mass is 9.98. The quantitative estimate of drug-likeness (QED) is 0.352. The number of phosphoric ester groups is 1. The van der Waals surface area contributed by atoms with Crippen molar-refractivity contribution in [2.45, 2.75) is 20.1 Å². The minimum atomic E-state index is -4.72. The maximum Gasteiger partial charge on any atom is 0.472 e. The normalized spacial score (nSPS) is 13.4. The third kappa shape index (κ3) is 5.96. The Morgan fingerprint density at radius 2 is 1.68 bits per heavy atom. The van der Waals surface area contributed by atoms with Gasteiger partial charge in [-0.15, -0.1) is 0 Å². The number of carbonyl (C=O) groups excluding carboxylic acids is 1. The van der Waals surface area contributed by atoms with E-state index >= 15 is 0 Å². The van der Waals surface area contributed by atoms with Gasteiger partial charge in [0, 0.05) is 5.57 Å². The average molecular weight is 362 g/mol. The molecule has 0 radical (unpaired) electrons. The second kappa shape index (κ2) is 8.23. The zero-order valence-electron chi connectivity index (χ0n) is 13.8. The van der Waals surface area contributed by atoms with Gasteiger partial charge in [-0.2, -0.15) is 0 Å². The molecule has 2 rings (SSSR count). The van der Waals surface area contributed by atoms with Crippen LogP contribution < -0.4 is 0 Å². The van der Waals surface area contributed by atoms with Gasteiger partial charge in [-0.3, -0.25) is 0 Å². The molecular formula is C18H19O6P. The van der Waals surface area contributed by atoms with E-state index in [1.54, 1.807) is 13.0 Å². The second-order valence-electron chi connectivity index (χ2n) is 5.35. The third-order valence-electron chi connectivity index (χ3n) is 3.30. The molecule has 0 amide bonds. The lowest BCUT2D eigenvalue weighted by Gasteiger charge is -2.14. The zero-order valence-corrected chi connectivity index (χ0v) is 14.7. The van der Waals surface area contributed by atoms with E-state index in [1.165, 1.54) is 6.92 Å². The highest BCUT2D eigenvalue weighted by molar-refractivity contribution is 7.46. The van der Waals surface area contributed by atoms with Crippen LogP contribution in [0.2, 0.25) is 0 Å². The molecule has 0 bridgehead atoms. The van der Waals surface area contributed by atoms with Gasteiger partial charge in [-0.05, 0) is 36.6 Å². The lowest BCUT2D eigenvalue weighted by Crippen LogP contribution is -2.17. The second-order valence-corrected chi connectivity index (χ2v) is 6.54. The predicted molar refractivity (Wildman–Crippen MR) is 94.2 cm³/mol. The summed E-state index contributed by atoms with van der Waals surface area (Å²) in [5.74, 6) is -0.719. The van der Waals surface area contributed by atoms with Gasteiger partial charge < -0.3 is 14.5 Å². The van der Waals surface area contributed by atoms with Crippen LogP contribution in [0.5, 0.6) is 0 Å². The van der Waals surface area contributed by atoms with Gasteiger partial charge in [0.15, 0.2) is 0 Å². The number of carbonyl (C=O) groups is 1. The largest absolute Gasteiger partial charge is 0.472 e. The number of hydrogen-bond acceptors (Lipinski definition) is 4. The molecule has 0 saturated carbocycles.